The van der Waals surface area contributed by atoms with E-state index < -0.39 is 16.9 Å². The summed E-state index contributed by atoms with van der Waals surface area (Å²) >= 11 is 0.924. The van der Waals surface area contributed by atoms with Crippen LogP contribution in [-0.2, 0) is 9.47 Å². The van der Waals surface area contributed by atoms with Gasteiger partial charge in [0.2, 0.25) is 0 Å². The van der Waals surface area contributed by atoms with Gasteiger partial charge in [-0.1, -0.05) is 11.3 Å². The number of esters is 2. The largest absolute Gasteiger partial charge is 0.465 e. The van der Waals surface area contributed by atoms with Crippen molar-refractivity contribution >= 4 is 28.3 Å². The van der Waals surface area contributed by atoms with Crippen molar-refractivity contribution in [2.24, 2.45) is 0 Å². The van der Waals surface area contributed by atoms with E-state index in [-0.39, 0.29) is 27.4 Å². The summed E-state index contributed by atoms with van der Waals surface area (Å²) in [7, 11) is 2.40. The Morgan fingerprint density at radius 1 is 1.17 bits per heavy atom. The molecule has 0 amide bonds. The number of aryl methyl sites for hydroxylation is 1. The molecule has 2 aromatic rings. The van der Waals surface area contributed by atoms with Crippen molar-refractivity contribution in [1.29, 1.82) is 0 Å². The first-order chi connectivity index (χ1) is 11.3. The van der Waals surface area contributed by atoms with E-state index >= 15 is 0 Å². The fourth-order valence-corrected chi connectivity index (χ4v) is 3.14. The zero-order valence-corrected chi connectivity index (χ0v) is 14.2. The molecule has 0 atom stereocenters. The van der Waals surface area contributed by atoms with Gasteiger partial charge in [-0.15, -0.1) is 0 Å². The van der Waals surface area contributed by atoms with Crippen molar-refractivity contribution in [2.75, 3.05) is 14.2 Å². The second-order valence-electron chi connectivity index (χ2n) is 4.80. The number of nitrogens with zero attached hydrogens (tertiary/aromatic N) is 2. The summed E-state index contributed by atoms with van der Waals surface area (Å²) in [6, 6.07) is 1.51. The van der Waals surface area contributed by atoms with E-state index in [0.717, 1.165) is 11.3 Å². The third-order valence-electron chi connectivity index (χ3n) is 3.47. The van der Waals surface area contributed by atoms with Crippen LogP contribution in [0, 0.1) is 24.0 Å². The Labute approximate surface area is 141 Å². The lowest BCUT2D eigenvalue weighted by molar-refractivity contribution is -0.379. The molecule has 0 aliphatic heterocycles. The number of methoxy groups -OCH3 is 2. The van der Waals surface area contributed by atoms with Crippen molar-refractivity contribution in [2.45, 2.75) is 13.8 Å². The molecule has 0 saturated carbocycles. The van der Waals surface area contributed by atoms with E-state index in [1.54, 1.807) is 13.8 Å². The quantitative estimate of drug-likeness (QED) is 0.474. The van der Waals surface area contributed by atoms with Crippen LogP contribution in [0.5, 0.6) is 0 Å². The van der Waals surface area contributed by atoms with Crippen molar-refractivity contribution in [3.8, 4) is 11.3 Å². The molecule has 126 valence electrons. The van der Waals surface area contributed by atoms with Gasteiger partial charge in [-0.2, -0.15) is 0 Å². The first kappa shape index (κ1) is 17.5. The minimum absolute atomic E-state index is 0.00463. The molecule has 2 rings (SSSR count). The number of ether oxygens (including phenoxy) is 2. The number of aromatic nitrogens is 1. The third-order valence-corrected chi connectivity index (χ3v) is 4.34. The van der Waals surface area contributed by atoms with Gasteiger partial charge >= 0.3 is 16.9 Å². The Balaban J connectivity index is 2.86. The minimum atomic E-state index is -0.736. The van der Waals surface area contributed by atoms with Gasteiger partial charge in [-0.25, -0.2) is 9.59 Å². The third kappa shape index (κ3) is 2.85. The molecule has 0 saturated heterocycles. The number of thiophene rings is 1. The molecule has 8 nitrogen and oxygen atoms in total. The normalized spacial score (nSPS) is 10.3. The van der Waals surface area contributed by atoms with E-state index in [9.17, 15) is 19.7 Å². The minimum Gasteiger partial charge on any atom is -0.465 e. The average molecular weight is 350 g/mol. The van der Waals surface area contributed by atoms with E-state index in [1.807, 2.05) is 0 Å². The highest BCUT2D eigenvalue weighted by Gasteiger charge is 2.29. The van der Waals surface area contributed by atoms with Crippen LogP contribution >= 0.6 is 11.3 Å². The summed E-state index contributed by atoms with van der Waals surface area (Å²) in [5, 5.41) is 12.6. The number of nitro groups is 1. The Hall–Kier alpha value is -2.81. The fraction of sp³-hybridized carbons (Fsp3) is 0.267. The molecule has 0 aromatic carbocycles. The van der Waals surface area contributed by atoms with Crippen LogP contribution in [0.15, 0.2) is 11.4 Å². The average Bonchev–Trinajstić information content (AvgIpc) is 3.03. The second-order valence-corrected chi connectivity index (χ2v) is 5.70. The van der Waals surface area contributed by atoms with Crippen molar-refractivity contribution in [3.63, 3.8) is 0 Å². The van der Waals surface area contributed by atoms with E-state index in [1.165, 1.54) is 25.7 Å². The number of hydrogen-bond acceptors (Lipinski definition) is 8. The Kier molecular flexibility index (Phi) is 4.93. The molecule has 0 fully saturated rings. The molecular formula is C15H14N2O6S. The van der Waals surface area contributed by atoms with E-state index in [0.29, 0.717) is 11.3 Å². The van der Waals surface area contributed by atoms with Crippen LogP contribution in [0.25, 0.3) is 11.3 Å². The van der Waals surface area contributed by atoms with Crippen LogP contribution in [0.2, 0.25) is 0 Å². The van der Waals surface area contributed by atoms with Gasteiger partial charge < -0.3 is 9.47 Å². The second kappa shape index (κ2) is 6.75. The van der Waals surface area contributed by atoms with Crippen molar-refractivity contribution in [1.82, 2.24) is 4.98 Å². The number of rotatable bonds is 4. The lowest BCUT2D eigenvalue weighted by Gasteiger charge is -2.14. The molecular weight excluding hydrogens is 336 g/mol. The van der Waals surface area contributed by atoms with Crippen LogP contribution in [0.1, 0.15) is 32.0 Å². The van der Waals surface area contributed by atoms with Crippen LogP contribution in [0.3, 0.4) is 0 Å². The predicted molar refractivity (Wildman–Crippen MR) is 86.4 cm³/mol. The maximum atomic E-state index is 12.2. The number of pyridine rings is 1. The van der Waals surface area contributed by atoms with Gasteiger partial charge in [0.25, 0.3) is 0 Å². The molecule has 0 aliphatic rings. The van der Waals surface area contributed by atoms with Crippen LogP contribution < -0.4 is 0 Å². The zero-order chi connectivity index (χ0) is 18.0. The molecule has 0 N–H and O–H groups in total. The Morgan fingerprint density at radius 3 is 2.29 bits per heavy atom. The topological polar surface area (TPSA) is 109 Å². The van der Waals surface area contributed by atoms with Crippen molar-refractivity contribution < 1.29 is 24.0 Å². The number of carbonyl (C=O) groups excluding carboxylic acids is 2. The summed E-state index contributed by atoms with van der Waals surface area (Å²) in [5.41, 5.74) is 1.06. The van der Waals surface area contributed by atoms with Crippen LogP contribution in [0.4, 0.5) is 5.00 Å². The van der Waals surface area contributed by atoms with E-state index in [4.69, 9.17) is 9.47 Å². The SMILES string of the molecule is COC(=O)c1c(C)nc(-c2ccsc2[N+](=O)[O-])c(C(=O)OC)c1C. The molecule has 0 aliphatic carbocycles. The standard InChI is InChI=1S/C15H14N2O6S/c1-7-10(14(18)22-3)8(2)16-12(11(7)15(19)23-4)9-5-6-24-13(9)17(20)21/h5-6H,1-4H3. The monoisotopic (exact) mass is 350 g/mol. The maximum Gasteiger partial charge on any atom is 0.340 e. The molecule has 0 unspecified atom stereocenters. The molecule has 0 bridgehead atoms. The van der Waals surface area contributed by atoms with Gasteiger partial charge in [-0.05, 0) is 30.9 Å². The summed E-state index contributed by atoms with van der Waals surface area (Å²) in [6.45, 7) is 3.12. The predicted octanol–water partition coefficient (Wildman–Crippen LogP) is 2.91. The summed E-state index contributed by atoms with van der Waals surface area (Å²) in [4.78, 5) is 39.1. The Morgan fingerprint density at radius 2 is 1.75 bits per heavy atom. The van der Waals surface area contributed by atoms with Gasteiger partial charge in [-0.3, -0.25) is 15.1 Å². The van der Waals surface area contributed by atoms with Crippen molar-refractivity contribution in [3.05, 3.63) is 43.9 Å². The molecule has 9 heteroatoms. The molecule has 0 spiro atoms. The fourth-order valence-electron chi connectivity index (χ4n) is 2.43. The summed E-state index contributed by atoms with van der Waals surface area (Å²) in [5.74, 6) is -1.38. The lowest BCUT2D eigenvalue weighted by Crippen LogP contribution is -2.16. The Bertz CT molecular complexity index is 843. The number of hydrogen-bond donors (Lipinski definition) is 0. The summed E-state index contributed by atoms with van der Waals surface area (Å²) in [6.07, 6.45) is 0. The lowest BCUT2D eigenvalue weighted by atomic mass is 9.97. The molecule has 2 aromatic heterocycles. The van der Waals surface area contributed by atoms with Gasteiger partial charge in [0.15, 0.2) is 0 Å². The highest BCUT2D eigenvalue weighted by Crippen LogP contribution is 2.37. The van der Waals surface area contributed by atoms with Crippen LogP contribution in [-0.4, -0.2) is 36.1 Å². The maximum absolute atomic E-state index is 12.2. The van der Waals surface area contributed by atoms with E-state index in [2.05, 4.69) is 4.98 Å². The van der Waals surface area contributed by atoms with Gasteiger partial charge in [0.05, 0.1) is 47.2 Å². The highest BCUT2D eigenvalue weighted by molar-refractivity contribution is 7.13. The summed E-state index contributed by atoms with van der Waals surface area (Å²) < 4.78 is 9.49. The zero-order valence-electron chi connectivity index (χ0n) is 13.4. The van der Waals surface area contributed by atoms with Gasteiger partial charge in [0, 0.05) is 0 Å². The molecule has 0 radical (unpaired) electrons. The number of carbonyl (C=O) groups is 2. The van der Waals surface area contributed by atoms with Gasteiger partial charge in [0.1, 0.15) is 0 Å². The molecule has 2 heterocycles. The smallest absolute Gasteiger partial charge is 0.340 e. The first-order valence-corrected chi connectivity index (χ1v) is 7.61. The first-order valence-electron chi connectivity index (χ1n) is 6.73. The molecule has 24 heavy (non-hydrogen) atoms. The highest BCUT2D eigenvalue weighted by atomic mass is 32.1.